The average molecular weight is 337 g/mol. The number of aryl methyl sites for hydroxylation is 1. The third-order valence-corrected chi connectivity index (χ3v) is 4.89. The van der Waals surface area contributed by atoms with E-state index in [2.05, 4.69) is 14.5 Å². The monoisotopic (exact) mass is 337 g/mol. The molecule has 0 bridgehead atoms. The molecule has 0 unspecified atom stereocenters. The van der Waals surface area contributed by atoms with Gasteiger partial charge in [-0.15, -0.1) is 0 Å². The summed E-state index contributed by atoms with van der Waals surface area (Å²) < 4.78 is 2.11. The Kier molecular flexibility index (Phi) is 4.81. The third kappa shape index (κ3) is 3.26. The smallest absolute Gasteiger partial charge is 0.188 e. The molecule has 4 nitrogen and oxygen atoms in total. The molecule has 5 heteroatoms. The highest BCUT2D eigenvalue weighted by atomic mass is 32.2. The van der Waals surface area contributed by atoms with E-state index in [0.29, 0.717) is 5.16 Å². The second kappa shape index (κ2) is 7.01. The predicted octanol–water partition coefficient (Wildman–Crippen LogP) is 4.25. The average Bonchev–Trinajstić information content (AvgIpc) is 2.90. The van der Waals surface area contributed by atoms with Gasteiger partial charge in [0, 0.05) is 35.0 Å². The molecular formula is C19H19N3OS. The van der Waals surface area contributed by atoms with Crippen LogP contribution in [0.15, 0.2) is 60.0 Å². The Morgan fingerprint density at radius 1 is 1.08 bits per heavy atom. The molecule has 3 aromatic rings. The maximum absolute atomic E-state index is 12.9. The first-order valence-corrected chi connectivity index (χ1v) is 8.68. The van der Waals surface area contributed by atoms with Crippen LogP contribution < -0.4 is 0 Å². The van der Waals surface area contributed by atoms with Crippen LogP contribution in [0.4, 0.5) is 0 Å². The van der Waals surface area contributed by atoms with Crippen LogP contribution in [0.2, 0.25) is 0 Å². The number of hydrogen-bond donors (Lipinski definition) is 0. The van der Waals surface area contributed by atoms with Gasteiger partial charge in [-0.1, -0.05) is 30.0 Å². The predicted molar refractivity (Wildman–Crippen MR) is 96.9 cm³/mol. The molecule has 24 heavy (non-hydrogen) atoms. The van der Waals surface area contributed by atoms with Gasteiger partial charge in [0.2, 0.25) is 0 Å². The highest BCUT2D eigenvalue weighted by Gasteiger charge is 2.22. The maximum atomic E-state index is 12.9. The number of Topliss-reactive ketones (excluding diaryl/α,β-unsaturated/α-hetero) is 1. The number of hydrogen-bond acceptors (Lipinski definition) is 4. The summed E-state index contributed by atoms with van der Waals surface area (Å²) in [5.41, 5.74) is 3.84. The van der Waals surface area contributed by atoms with E-state index < -0.39 is 0 Å². The van der Waals surface area contributed by atoms with Crippen molar-refractivity contribution in [2.45, 2.75) is 31.2 Å². The minimum atomic E-state index is -0.239. The fourth-order valence-corrected chi connectivity index (χ4v) is 3.56. The van der Waals surface area contributed by atoms with Gasteiger partial charge in [-0.05, 0) is 45.0 Å². The first kappa shape index (κ1) is 16.5. The molecule has 3 rings (SSSR count). The standard InChI is InChI=1S/C19H19N3OS/c1-13-12-17(14(2)22(13)16-8-5-4-6-9-16)18(23)15(3)24-19-20-10-7-11-21-19/h4-12,15H,1-3H3/t15-/m0/s1. The van der Waals surface area contributed by atoms with E-state index in [4.69, 9.17) is 0 Å². The molecule has 122 valence electrons. The van der Waals surface area contributed by atoms with Crippen molar-refractivity contribution < 1.29 is 4.79 Å². The number of thioether (sulfide) groups is 1. The zero-order valence-electron chi connectivity index (χ0n) is 13.9. The zero-order chi connectivity index (χ0) is 17.1. The van der Waals surface area contributed by atoms with Gasteiger partial charge >= 0.3 is 0 Å². The summed E-state index contributed by atoms with van der Waals surface area (Å²) in [5, 5.41) is 0.382. The fraction of sp³-hybridized carbons (Fsp3) is 0.211. The van der Waals surface area contributed by atoms with E-state index in [0.717, 1.165) is 22.6 Å². The van der Waals surface area contributed by atoms with Crippen molar-refractivity contribution in [1.82, 2.24) is 14.5 Å². The second-order valence-electron chi connectivity index (χ2n) is 5.61. The molecule has 1 atom stereocenters. The quantitative estimate of drug-likeness (QED) is 0.397. The van der Waals surface area contributed by atoms with Gasteiger partial charge < -0.3 is 4.57 Å². The van der Waals surface area contributed by atoms with Crippen LogP contribution >= 0.6 is 11.8 Å². The summed E-state index contributed by atoms with van der Waals surface area (Å²) in [7, 11) is 0. The van der Waals surface area contributed by atoms with E-state index in [1.165, 1.54) is 11.8 Å². The van der Waals surface area contributed by atoms with Crippen LogP contribution in [-0.2, 0) is 0 Å². The number of rotatable bonds is 5. The van der Waals surface area contributed by atoms with E-state index in [1.807, 2.05) is 57.2 Å². The van der Waals surface area contributed by atoms with E-state index in [9.17, 15) is 4.79 Å². The van der Waals surface area contributed by atoms with Gasteiger partial charge in [0.1, 0.15) is 0 Å². The van der Waals surface area contributed by atoms with Crippen molar-refractivity contribution in [1.29, 1.82) is 0 Å². The molecule has 0 aliphatic heterocycles. The van der Waals surface area contributed by atoms with Gasteiger partial charge in [0.05, 0.1) is 5.25 Å². The molecule has 0 aliphatic rings. The molecule has 0 aliphatic carbocycles. The lowest BCUT2D eigenvalue weighted by Crippen LogP contribution is -2.15. The summed E-state index contributed by atoms with van der Waals surface area (Å²) >= 11 is 1.39. The molecule has 0 N–H and O–H groups in total. The van der Waals surface area contributed by atoms with Gasteiger partial charge in [-0.2, -0.15) is 0 Å². The van der Waals surface area contributed by atoms with E-state index in [1.54, 1.807) is 18.5 Å². The molecule has 2 heterocycles. The van der Waals surface area contributed by atoms with Crippen LogP contribution in [0, 0.1) is 13.8 Å². The number of benzene rings is 1. The number of aromatic nitrogens is 3. The van der Waals surface area contributed by atoms with Crippen LogP contribution in [0.5, 0.6) is 0 Å². The summed E-state index contributed by atoms with van der Waals surface area (Å²) in [4.78, 5) is 21.2. The molecule has 1 aromatic carbocycles. The fourth-order valence-electron chi connectivity index (χ4n) is 2.76. The normalized spacial score (nSPS) is 12.1. The lowest BCUT2D eigenvalue weighted by molar-refractivity contribution is 0.0993. The molecule has 0 spiro atoms. The first-order chi connectivity index (χ1) is 11.6. The third-order valence-electron chi connectivity index (χ3n) is 3.90. The Labute approximate surface area is 146 Å². The zero-order valence-corrected chi connectivity index (χ0v) is 14.7. The van der Waals surface area contributed by atoms with Crippen molar-refractivity contribution in [3.8, 4) is 5.69 Å². The number of nitrogens with zero attached hydrogens (tertiary/aromatic N) is 3. The lowest BCUT2D eigenvalue weighted by Gasteiger charge is -2.11. The minimum absolute atomic E-state index is 0.0998. The van der Waals surface area contributed by atoms with Crippen molar-refractivity contribution in [3.63, 3.8) is 0 Å². The molecule has 0 saturated heterocycles. The largest absolute Gasteiger partial charge is 0.318 e. The van der Waals surface area contributed by atoms with Crippen molar-refractivity contribution in [2.24, 2.45) is 0 Å². The maximum Gasteiger partial charge on any atom is 0.188 e. The van der Waals surface area contributed by atoms with Gasteiger partial charge in [0.25, 0.3) is 0 Å². The van der Waals surface area contributed by atoms with Crippen molar-refractivity contribution in [3.05, 3.63) is 71.8 Å². The first-order valence-electron chi connectivity index (χ1n) is 7.80. The van der Waals surface area contributed by atoms with Crippen molar-refractivity contribution in [2.75, 3.05) is 0 Å². The molecule has 0 saturated carbocycles. The summed E-state index contributed by atoms with van der Waals surface area (Å²) in [5.74, 6) is 0.0998. The molecule has 0 radical (unpaired) electrons. The Hall–Kier alpha value is -2.40. The van der Waals surface area contributed by atoms with E-state index >= 15 is 0 Å². The molecular weight excluding hydrogens is 318 g/mol. The van der Waals surface area contributed by atoms with Gasteiger partial charge in [-0.25, -0.2) is 9.97 Å². The topological polar surface area (TPSA) is 47.8 Å². The number of carbonyl (C=O) groups excluding carboxylic acids is 1. The SMILES string of the molecule is Cc1cc(C(=O)[C@H](C)Sc2ncccn2)c(C)n1-c1ccccc1. The van der Waals surface area contributed by atoms with Crippen LogP contribution in [0.3, 0.4) is 0 Å². The van der Waals surface area contributed by atoms with Crippen LogP contribution in [-0.4, -0.2) is 25.6 Å². The Morgan fingerprint density at radius 3 is 2.42 bits per heavy atom. The number of para-hydroxylation sites is 1. The highest BCUT2D eigenvalue weighted by Crippen LogP contribution is 2.26. The van der Waals surface area contributed by atoms with E-state index in [-0.39, 0.29) is 11.0 Å². The number of ketones is 1. The number of carbonyl (C=O) groups is 1. The Morgan fingerprint density at radius 2 is 1.75 bits per heavy atom. The summed E-state index contributed by atoms with van der Waals surface area (Å²) in [6, 6.07) is 13.8. The minimum Gasteiger partial charge on any atom is -0.318 e. The van der Waals surface area contributed by atoms with Crippen molar-refractivity contribution >= 4 is 17.5 Å². The lowest BCUT2D eigenvalue weighted by atomic mass is 10.1. The summed E-state index contributed by atoms with van der Waals surface area (Å²) in [6.45, 7) is 5.91. The second-order valence-corrected chi connectivity index (χ2v) is 6.92. The summed E-state index contributed by atoms with van der Waals surface area (Å²) in [6.07, 6.45) is 3.38. The van der Waals surface area contributed by atoms with Crippen LogP contribution in [0.1, 0.15) is 28.7 Å². The molecule has 0 fully saturated rings. The van der Waals surface area contributed by atoms with Crippen LogP contribution in [0.25, 0.3) is 5.69 Å². The van der Waals surface area contributed by atoms with Gasteiger partial charge in [0.15, 0.2) is 10.9 Å². The van der Waals surface area contributed by atoms with Gasteiger partial charge in [-0.3, -0.25) is 4.79 Å². The molecule has 2 aromatic heterocycles. The Balaban J connectivity index is 1.88. The Bertz CT molecular complexity index is 844. The molecule has 0 amide bonds. The highest BCUT2D eigenvalue weighted by molar-refractivity contribution is 8.00.